The van der Waals surface area contributed by atoms with E-state index in [0.717, 1.165) is 11.0 Å². The van der Waals surface area contributed by atoms with Gasteiger partial charge in [0.15, 0.2) is 5.76 Å². The molecule has 0 spiro atoms. The molecule has 1 amide bonds. The van der Waals surface area contributed by atoms with Crippen LogP contribution in [0.1, 0.15) is 10.6 Å². The molecule has 106 valence electrons. The Morgan fingerprint density at radius 2 is 1.95 bits per heavy atom. The molecule has 21 heavy (non-hydrogen) atoms. The van der Waals surface area contributed by atoms with Crippen molar-refractivity contribution in [3.8, 4) is 0 Å². The first-order chi connectivity index (χ1) is 10.3. The van der Waals surface area contributed by atoms with Gasteiger partial charge in [0.1, 0.15) is 5.82 Å². The Hall–Kier alpha value is -2.89. The number of para-hydroxylation sites is 2. The van der Waals surface area contributed by atoms with E-state index in [1.807, 2.05) is 24.3 Å². The molecule has 6 heteroatoms. The van der Waals surface area contributed by atoms with Crippen LogP contribution in [0.2, 0.25) is 0 Å². The van der Waals surface area contributed by atoms with E-state index < -0.39 is 0 Å². The van der Waals surface area contributed by atoms with Crippen molar-refractivity contribution in [3.05, 3.63) is 54.6 Å². The molecule has 0 unspecified atom stereocenters. The largest absolute Gasteiger partial charge is 0.459 e. The van der Waals surface area contributed by atoms with Gasteiger partial charge >= 0.3 is 0 Å². The number of rotatable bonds is 5. The zero-order valence-corrected chi connectivity index (χ0v) is 11.2. The Morgan fingerprint density at radius 3 is 2.76 bits per heavy atom. The van der Waals surface area contributed by atoms with Gasteiger partial charge in [0.25, 0.3) is 5.91 Å². The highest BCUT2D eigenvalue weighted by Gasteiger charge is 2.06. The Labute approximate surface area is 121 Å². The number of carbonyl (C=O) groups is 1. The first-order valence-electron chi connectivity index (χ1n) is 6.60. The van der Waals surface area contributed by atoms with Gasteiger partial charge in [-0.15, -0.1) is 0 Å². The van der Waals surface area contributed by atoms with Gasteiger partial charge in [-0.3, -0.25) is 9.78 Å². The second kappa shape index (κ2) is 6.04. The van der Waals surface area contributed by atoms with Crippen LogP contribution in [-0.2, 0) is 0 Å². The number of nitrogens with one attached hydrogen (secondary N) is 2. The van der Waals surface area contributed by atoms with Crippen LogP contribution >= 0.6 is 0 Å². The monoisotopic (exact) mass is 282 g/mol. The lowest BCUT2D eigenvalue weighted by Crippen LogP contribution is -2.28. The van der Waals surface area contributed by atoms with Crippen LogP contribution in [0, 0.1) is 0 Å². The minimum atomic E-state index is -0.230. The summed E-state index contributed by atoms with van der Waals surface area (Å²) in [5, 5.41) is 5.87. The molecule has 3 aromatic rings. The van der Waals surface area contributed by atoms with Crippen LogP contribution in [-0.4, -0.2) is 29.0 Å². The standard InChI is InChI=1S/C15H14N4O2/c20-15(13-6-3-9-21-13)17-8-7-16-14-10-18-11-4-1-2-5-12(11)19-14/h1-6,9-10H,7-8H2,(H,16,19)(H,17,20). The fourth-order valence-electron chi connectivity index (χ4n) is 1.90. The quantitative estimate of drug-likeness (QED) is 0.700. The summed E-state index contributed by atoms with van der Waals surface area (Å²) in [6.45, 7) is 1.02. The summed E-state index contributed by atoms with van der Waals surface area (Å²) < 4.78 is 5.00. The highest BCUT2D eigenvalue weighted by Crippen LogP contribution is 2.10. The van der Waals surface area contributed by atoms with Gasteiger partial charge in [-0.2, -0.15) is 0 Å². The van der Waals surface area contributed by atoms with E-state index in [-0.39, 0.29) is 5.91 Å². The number of amides is 1. The Morgan fingerprint density at radius 1 is 1.10 bits per heavy atom. The van der Waals surface area contributed by atoms with Crippen molar-refractivity contribution >= 4 is 22.8 Å². The molecule has 0 fully saturated rings. The molecule has 2 aromatic heterocycles. The van der Waals surface area contributed by atoms with Crippen molar-refractivity contribution in [2.75, 3.05) is 18.4 Å². The maximum Gasteiger partial charge on any atom is 0.287 e. The number of carbonyl (C=O) groups excluding carboxylic acids is 1. The maximum absolute atomic E-state index is 11.6. The molecule has 1 aromatic carbocycles. The van der Waals surface area contributed by atoms with Crippen LogP contribution in [0.15, 0.2) is 53.3 Å². The van der Waals surface area contributed by atoms with E-state index >= 15 is 0 Å². The minimum absolute atomic E-state index is 0.230. The summed E-state index contributed by atoms with van der Waals surface area (Å²) in [6.07, 6.45) is 3.15. The predicted octanol–water partition coefficient (Wildman–Crippen LogP) is 2.06. The number of aromatic nitrogens is 2. The molecule has 0 aliphatic carbocycles. The fraction of sp³-hybridized carbons (Fsp3) is 0.133. The second-order valence-electron chi connectivity index (χ2n) is 4.40. The van der Waals surface area contributed by atoms with Crippen LogP contribution in [0.3, 0.4) is 0 Å². The van der Waals surface area contributed by atoms with Gasteiger partial charge in [-0.25, -0.2) is 4.98 Å². The molecule has 0 bridgehead atoms. The molecule has 2 N–H and O–H groups in total. The third-order valence-electron chi connectivity index (χ3n) is 2.91. The highest BCUT2D eigenvalue weighted by molar-refractivity contribution is 5.91. The Balaban J connectivity index is 1.51. The Kier molecular flexibility index (Phi) is 3.77. The van der Waals surface area contributed by atoms with Crippen LogP contribution in [0.5, 0.6) is 0 Å². The lowest BCUT2D eigenvalue weighted by molar-refractivity contribution is 0.0927. The third-order valence-corrected chi connectivity index (χ3v) is 2.91. The predicted molar refractivity (Wildman–Crippen MR) is 79.1 cm³/mol. The van der Waals surface area contributed by atoms with Gasteiger partial charge in [0.05, 0.1) is 23.5 Å². The zero-order valence-electron chi connectivity index (χ0n) is 11.2. The molecule has 0 saturated carbocycles. The van der Waals surface area contributed by atoms with Gasteiger partial charge in [-0.05, 0) is 24.3 Å². The average Bonchev–Trinajstić information content (AvgIpc) is 3.06. The summed E-state index contributed by atoms with van der Waals surface area (Å²) >= 11 is 0. The van der Waals surface area contributed by atoms with E-state index in [1.54, 1.807) is 18.3 Å². The van der Waals surface area contributed by atoms with Gasteiger partial charge in [0, 0.05) is 13.1 Å². The first kappa shape index (κ1) is 13.1. The number of hydrogen-bond acceptors (Lipinski definition) is 5. The minimum Gasteiger partial charge on any atom is -0.459 e. The molecular formula is C15H14N4O2. The van der Waals surface area contributed by atoms with Gasteiger partial charge < -0.3 is 15.1 Å². The molecular weight excluding hydrogens is 268 g/mol. The highest BCUT2D eigenvalue weighted by atomic mass is 16.3. The maximum atomic E-state index is 11.6. The molecule has 2 heterocycles. The third kappa shape index (κ3) is 3.17. The Bertz CT molecular complexity index is 740. The molecule has 0 aliphatic heterocycles. The van der Waals surface area contributed by atoms with Gasteiger partial charge in [-0.1, -0.05) is 12.1 Å². The first-order valence-corrected chi connectivity index (χ1v) is 6.60. The normalized spacial score (nSPS) is 10.5. The van der Waals surface area contributed by atoms with Crippen molar-refractivity contribution in [3.63, 3.8) is 0 Å². The van der Waals surface area contributed by atoms with Crippen LogP contribution < -0.4 is 10.6 Å². The van der Waals surface area contributed by atoms with E-state index in [4.69, 9.17) is 4.42 Å². The number of benzene rings is 1. The molecule has 0 aliphatic rings. The smallest absolute Gasteiger partial charge is 0.287 e. The number of furan rings is 1. The topological polar surface area (TPSA) is 80.0 Å². The zero-order chi connectivity index (χ0) is 14.5. The number of fused-ring (bicyclic) bond motifs is 1. The lowest BCUT2D eigenvalue weighted by atomic mass is 10.3. The van der Waals surface area contributed by atoms with Crippen molar-refractivity contribution in [1.82, 2.24) is 15.3 Å². The van der Waals surface area contributed by atoms with E-state index in [2.05, 4.69) is 20.6 Å². The van der Waals surface area contributed by atoms with Crippen LogP contribution in [0.4, 0.5) is 5.82 Å². The molecule has 0 saturated heterocycles. The van der Waals surface area contributed by atoms with E-state index in [1.165, 1.54) is 6.26 Å². The van der Waals surface area contributed by atoms with Crippen LogP contribution in [0.25, 0.3) is 11.0 Å². The second-order valence-corrected chi connectivity index (χ2v) is 4.40. The van der Waals surface area contributed by atoms with Crippen molar-refractivity contribution < 1.29 is 9.21 Å². The summed E-state index contributed by atoms with van der Waals surface area (Å²) in [6, 6.07) is 11.0. The molecule has 0 radical (unpaired) electrons. The average molecular weight is 282 g/mol. The summed E-state index contributed by atoms with van der Waals surface area (Å²) in [4.78, 5) is 20.4. The molecule has 6 nitrogen and oxygen atoms in total. The fourth-order valence-corrected chi connectivity index (χ4v) is 1.90. The van der Waals surface area contributed by atoms with Crippen molar-refractivity contribution in [2.45, 2.75) is 0 Å². The summed E-state index contributed by atoms with van der Waals surface area (Å²) in [7, 11) is 0. The summed E-state index contributed by atoms with van der Waals surface area (Å²) in [5.41, 5.74) is 1.69. The number of nitrogens with zero attached hydrogens (tertiary/aromatic N) is 2. The van der Waals surface area contributed by atoms with Crippen molar-refractivity contribution in [2.24, 2.45) is 0 Å². The lowest BCUT2D eigenvalue weighted by Gasteiger charge is -2.07. The van der Waals surface area contributed by atoms with Crippen molar-refractivity contribution in [1.29, 1.82) is 0 Å². The summed E-state index contributed by atoms with van der Waals surface area (Å²) in [5.74, 6) is 0.757. The SMILES string of the molecule is O=C(NCCNc1cnc2ccccc2n1)c1ccco1. The molecule has 0 atom stereocenters. The van der Waals surface area contributed by atoms with Gasteiger partial charge in [0.2, 0.25) is 0 Å². The van der Waals surface area contributed by atoms with E-state index in [0.29, 0.717) is 24.7 Å². The number of hydrogen-bond donors (Lipinski definition) is 2. The van der Waals surface area contributed by atoms with E-state index in [9.17, 15) is 4.79 Å². The molecule has 3 rings (SSSR count). The number of anilines is 1.